The van der Waals surface area contributed by atoms with Gasteiger partial charge in [-0.3, -0.25) is 0 Å². The number of ether oxygens (including phenoxy) is 1. The fourth-order valence-electron chi connectivity index (χ4n) is 2.90. The van der Waals surface area contributed by atoms with Crippen LogP contribution in [0.15, 0.2) is 12.4 Å². The van der Waals surface area contributed by atoms with E-state index in [1.54, 1.807) is 4.52 Å². The van der Waals surface area contributed by atoms with Crippen molar-refractivity contribution < 1.29 is 9.84 Å². The first-order valence-electron chi connectivity index (χ1n) is 6.71. The molecule has 2 aromatic heterocycles. The fraction of sp³-hybridized carbons (Fsp3) is 0.462. The minimum atomic E-state index is -0.188. The van der Waals surface area contributed by atoms with Crippen LogP contribution in [-0.4, -0.2) is 37.4 Å². The molecule has 1 saturated heterocycles. The lowest BCUT2D eigenvalue weighted by atomic mass is 9.99. The highest BCUT2D eigenvalue weighted by atomic mass is 32.1. The van der Waals surface area contributed by atoms with Crippen LogP contribution >= 0.6 is 12.2 Å². The van der Waals surface area contributed by atoms with Gasteiger partial charge >= 0.3 is 0 Å². The second kappa shape index (κ2) is 5.21. The van der Waals surface area contributed by atoms with Crippen LogP contribution in [0, 0.1) is 5.92 Å². The van der Waals surface area contributed by atoms with E-state index in [2.05, 4.69) is 17.0 Å². The standard InChI is InChI=1S/C13H17N5O2S/c1-6-2-7(4-19)20-11(6)9-3-8(13(15)21)10-12(14)16-5-17-18(9)10/h3,5-7,11,19H,2,4H2,1H3,(H2,15,21)(H2,14,16,17)/t6-,7-,11+/m0/s1. The van der Waals surface area contributed by atoms with Gasteiger partial charge in [-0.15, -0.1) is 0 Å². The molecule has 0 bridgehead atoms. The molecule has 0 unspecified atom stereocenters. The van der Waals surface area contributed by atoms with E-state index >= 15 is 0 Å². The molecule has 1 fully saturated rings. The predicted octanol–water partition coefficient (Wildman–Crippen LogP) is 0.404. The van der Waals surface area contributed by atoms with Gasteiger partial charge < -0.3 is 21.3 Å². The van der Waals surface area contributed by atoms with Crippen molar-refractivity contribution in [2.24, 2.45) is 11.7 Å². The van der Waals surface area contributed by atoms with E-state index in [-0.39, 0.29) is 29.7 Å². The Morgan fingerprint density at radius 3 is 3.00 bits per heavy atom. The molecule has 7 nitrogen and oxygen atoms in total. The number of nitrogen functional groups attached to an aromatic ring is 1. The number of nitrogens with zero attached hydrogens (tertiary/aromatic N) is 3. The summed E-state index contributed by atoms with van der Waals surface area (Å²) in [4.78, 5) is 4.23. The van der Waals surface area contributed by atoms with Crippen LogP contribution in [0.4, 0.5) is 5.82 Å². The predicted molar refractivity (Wildman–Crippen MR) is 81.8 cm³/mol. The van der Waals surface area contributed by atoms with Gasteiger partial charge in [0.15, 0.2) is 5.82 Å². The summed E-state index contributed by atoms with van der Waals surface area (Å²) in [5.41, 5.74) is 13.8. The molecule has 3 rings (SSSR count). The largest absolute Gasteiger partial charge is 0.394 e. The van der Waals surface area contributed by atoms with Gasteiger partial charge in [0.1, 0.15) is 22.9 Å². The Morgan fingerprint density at radius 1 is 1.62 bits per heavy atom. The fourth-order valence-corrected chi connectivity index (χ4v) is 3.05. The normalized spacial score (nSPS) is 25.5. The van der Waals surface area contributed by atoms with Crippen LogP contribution in [0.2, 0.25) is 0 Å². The van der Waals surface area contributed by atoms with Gasteiger partial charge in [-0.2, -0.15) is 5.10 Å². The molecule has 0 amide bonds. The summed E-state index contributed by atoms with van der Waals surface area (Å²) in [6.45, 7) is 2.08. The van der Waals surface area contributed by atoms with Crippen LogP contribution in [0.3, 0.4) is 0 Å². The molecular formula is C13H17N5O2S. The van der Waals surface area contributed by atoms with Crippen LogP contribution < -0.4 is 11.5 Å². The minimum absolute atomic E-state index is 0.00340. The third-order valence-corrected chi connectivity index (χ3v) is 4.08. The average Bonchev–Trinajstić information content (AvgIpc) is 3.00. The van der Waals surface area contributed by atoms with Crippen molar-refractivity contribution in [3.8, 4) is 0 Å². The maximum atomic E-state index is 9.28. The van der Waals surface area contributed by atoms with Crippen molar-refractivity contribution >= 4 is 28.5 Å². The van der Waals surface area contributed by atoms with Gasteiger partial charge in [-0.05, 0) is 18.4 Å². The molecule has 1 aliphatic rings. The van der Waals surface area contributed by atoms with Crippen LogP contribution in [0.25, 0.3) is 5.52 Å². The highest BCUT2D eigenvalue weighted by Crippen LogP contribution is 2.39. The average molecular weight is 307 g/mol. The molecule has 0 spiro atoms. The van der Waals surface area contributed by atoms with Gasteiger partial charge in [-0.1, -0.05) is 19.1 Å². The number of anilines is 1. The highest BCUT2D eigenvalue weighted by Gasteiger charge is 2.35. The molecule has 8 heteroatoms. The third kappa shape index (κ3) is 2.25. The smallest absolute Gasteiger partial charge is 0.152 e. The lowest BCUT2D eigenvalue weighted by molar-refractivity contribution is 0.00256. The maximum absolute atomic E-state index is 9.28. The number of fused-ring (bicyclic) bond motifs is 1. The molecule has 0 radical (unpaired) electrons. The highest BCUT2D eigenvalue weighted by molar-refractivity contribution is 7.80. The van der Waals surface area contributed by atoms with E-state index in [0.717, 1.165) is 12.1 Å². The number of thiocarbonyl (C=S) groups is 1. The Labute approximate surface area is 126 Å². The van der Waals surface area contributed by atoms with E-state index in [1.807, 2.05) is 6.07 Å². The van der Waals surface area contributed by atoms with Crippen molar-refractivity contribution in [2.75, 3.05) is 12.3 Å². The van der Waals surface area contributed by atoms with Gasteiger partial charge in [0, 0.05) is 5.56 Å². The summed E-state index contributed by atoms with van der Waals surface area (Å²) >= 11 is 5.09. The van der Waals surface area contributed by atoms with Crippen LogP contribution in [-0.2, 0) is 4.74 Å². The zero-order valence-corrected chi connectivity index (χ0v) is 12.4. The van der Waals surface area contributed by atoms with Crippen LogP contribution in [0.1, 0.15) is 30.7 Å². The number of aliphatic hydroxyl groups is 1. The first kappa shape index (κ1) is 14.2. The van der Waals surface area contributed by atoms with E-state index in [9.17, 15) is 5.11 Å². The summed E-state index contributed by atoms with van der Waals surface area (Å²) in [5.74, 6) is 0.569. The lowest BCUT2D eigenvalue weighted by Crippen LogP contribution is -2.13. The molecule has 0 aromatic carbocycles. The quantitative estimate of drug-likeness (QED) is 0.704. The van der Waals surface area contributed by atoms with E-state index in [0.29, 0.717) is 16.9 Å². The molecule has 2 aromatic rings. The summed E-state index contributed by atoms with van der Waals surface area (Å²) in [6, 6.07) is 1.85. The van der Waals surface area contributed by atoms with E-state index in [1.165, 1.54) is 6.33 Å². The Bertz CT molecular complexity index is 701. The summed E-state index contributed by atoms with van der Waals surface area (Å²) in [6.07, 6.45) is 1.82. The Balaban J connectivity index is 2.16. The Morgan fingerprint density at radius 2 is 2.38 bits per heavy atom. The van der Waals surface area contributed by atoms with E-state index in [4.69, 9.17) is 28.4 Å². The number of aliphatic hydroxyl groups excluding tert-OH is 1. The molecule has 21 heavy (non-hydrogen) atoms. The monoisotopic (exact) mass is 307 g/mol. The lowest BCUT2D eigenvalue weighted by Gasteiger charge is -2.14. The van der Waals surface area contributed by atoms with Gasteiger partial charge in [-0.25, -0.2) is 9.50 Å². The zero-order chi connectivity index (χ0) is 15.1. The topological polar surface area (TPSA) is 112 Å². The minimum Gasteiger partial charge on any atom is -0.394 e. The van der Waals surface area contributed by atoms with Crippen LogP contribution in [0.5, 0.6) is 0 Å². The second-order valence-electron chi connectivity index (χ2n) is 5.33. The third-order valence-electron chi connectivity index (χ3n) is 3.86. The number of rotatable bonds is 3. The van der Waals surface area contributed by atoms with E-state index < -0.39 is 0 Å². The molecular weight excluding hydrogens is 290 g/mol. The first-order chi connectivity index (χ1) is 10.0. The molecule has 5 N–H and O–H groups in total. The van der Waals surface area contributed by atoms with Gasteiger partial charge in [0.25, 0.3) is 0 Å². The molecule has 3 atom stereocenters. The van der Waals surface area contributed by atoms with Gasteiger partial charge in [0.05, 0.1) is 18.4 Å². The first-order valence-corrected chi connectivity index (χ1v) is 7.12. The van der Waals surface area contributed by atoms with Crippen molar-refractivity contribution in [1.82, 2.24) is 14.6 Å². The molecule has 3 heterocycles. The molecule has 0 saturated carbocycles. The number of hydrogen-bond acceptors (Lipinski definition) is 6. The summed E-state index contributed by atoms with van der Waals surface area (Å²) in [7, 11) is 0. The van der Waals surface area contributed by atoms with Gasteiger partial charge in [0.2, 0.25) is 0 Å². The summed E-state index contributed by atoms with van der Waals surface area (Å²) in [5, 5.41) is 13.5. The Kier molecular flexibility index (Phi) is 3.52. The van der Waals surface area contributed by atoms with Crippen molar-refractivity contribution in [1.29, 1.82) is 0 Å². The zero-order valence-electron chi connectivity index (χ0n) is 11.6. The molecule has 0 aliphatic carbocycles. The van der Waals surface area contributed by atoms with Crippen molar-refractivity contribution in [3.63, 3.8) is 0 Å². The Hall–Kier alpha value is -1.77. The molecule has 1 aliphatic heterocycles. The number of aromatic nitrogens is 3. The SMILES string of the molecule is C[C@H]1C[C@@H](CO)O[C@H]1c1cc(C(N)=S)c2c(N)ncnn12. The summed E-state index contributed by atoms with van der Waals surface area (Å²) < 4.78 is 7.57. The second-order valence-corrected chi connectivity index (χ2v) is 5.77. The number of nitrogens with two attached hydrogens (primary N) is 2. The van der Waals surface area contributed by atoms with Crippen molar-refractivity contribution in [2.45, 2.75) is 25.6 Å². The molecule has 112 valence electrons. The maximum Gasteiger partial charge on any atom is 0.152 e. The van der Waals surface area contributed by atoms with Crippen molar-refractivity contribution in [3.05, 3.63) is 23.7 Å². The number of hydrogen-bond donors (Lipinski definition) is 3.